The zero-order valence-corrected chi connectivity index (χ0v) is 23.2. The summed E-state index contributed by atoms with van der Waals surface area (Å²) in [6.07, 6.45) is 27.0. The van der Waals surface area contributed by atoms with Gasteiger partial charge in [-0.1, -0.05) is 143 Å². The monoisotopic (exact) mass is 468 g/mol. The zero-order valence-electron chi connectivity index (χ0n) is 23.2. The van der Waals surface area contributed by atoms with Gasteiger partial charge in [-0.3, -0.25) is 4.79 Å². The predicted molar refractivity (Wildman–Crippen MR) is 144 cm³/mol. The van der Waals surface area contributed by atoms with Crippen molar-refractivity contribution in [2.45, 2.75) is 162 Å². The molecular weight excluding hydrogens is 408 g/mol. The molecule has 0 aliphatic heterocycles. The quantitative estimate of drug-likeness (QED) is 0.113. The number of unbranched alkanes of at least 4 members (excludes halogenated alkanes) is 17. The van der Waals surface area contributed by atoms with E-state index in [1.165, 1.54) is 129 Å². The molecule has 0 saturated heterocycles. The summed E-state index contributed by atoms with van der Waals surface area (Å²) in [5.41, 5.74) is 0. The van der Waals surface area contributed by atoms with Gasteiger partial charge >= 0.3 is 5.97 Å². The van der Waals surface area contributed by atoms with Crippen molar-refractivity contribution in [1.82, 2.24) is 0 Å². The highest BCUT2D eigenvalue weighted by atomic mass is 16.5. The molecule has 198 valence electrons. The Bertz CT molecular complexity index is 423. The summed E-state index contributed by atoms with van der Waals surface area (Å²) in [6.45, 7) is 8.38. The molecular formula is C30H60O3. The Kier molecular flexibility index (Phi) is 22.8. The largest absolute Gasteiger partial charge is 0.469 e. The van der Waals surface area contributed by atoms with Gasteiger partial charge in [0.2, 0.25) is 0 Å². The molecule has 0 rings (SSSR count). The minimum absolute atomic E-state index is 0.129. The van der Waals surface area contributed by atoms with Gasteiger partial charge in [0.1, 0.15) is 0 Å². The van der Waals surface area contributed by atoms with E-state index in [4.69, 9.17) is 4.74 Å². The molecule has 3 nitrogen and oxygen atoms in total. The van der Waals surface area contributed by atoms with Crippen LogP contribution in [0.15, 0.2) is 0 Å². The molecule has 33 heavy (non-hydrogen) atoms. The van der Waals surface area contributed by atoms with Crippen LogP contribution in [0.2, 0.25) is 0 Å². The van der Waals surface area contributed by atoms with Gasteiger partial charge in [-0.15, -0.1) is 0 Å². The number of aliphatic hydroxyl groups excluding tert-OH is 1. The van der Waals surface area contributed by atoms with E-state index < -0.39 is 12.0 Å². The molecule has 0 aromatic carbocycles. The van der Waals surface area contributed by atoms with Crippen molar-refractivity contribution in [3.8, 4) is 0 Å². The molecule has 0 aliphatic carbocycles. The smallest absolute Gasteiger partial charge is 0.311 e. The fourth-order valence-corrected chi connectivity index (χ4v) is 5.10. The van der Waals surface area contributed by atoms with Crippen molar-refractivity contribution < 1.29 is 14.6 Å². The molecule has 0 aliphatic rings. The highest BCUT2D eigenvalue weighted by Gasteiger charge is 2.28. The van der Waals surface area contributed by atoms with Crippen molar-refractivity contribution in [1.29, 1.82) is 0 Å². The topological polar surface area (TPSA) is 46.5 Å². The maximum absolute atomic E-state index is 11.6. The summed E-state index contributed by atoms with van der Waals surface area (Å²) >= 11 is 0. The van der Waals surface area contributed by atoms with E-state index in [1.54, 1.807) is 6.92 Å². The minimum atomic E-state index is -0.611. The Morgan fingerprint density at radius 3 is 1.39 bits per heavy atom. The lowest BCUT2D eigenvalue weighted by Gasteiger charge is -2.25. The minimum Gasteiger partial charge on any atom is -0.469 e. The van der Waals surface area contributed by atoms with Crippen LogP contribution in [-0.2, 0) is 9.53 Å². The number of ether oxygens (including phenoxy) is 1. The third-order valence-corrected chi connectivity index (χ3v) is 7.49. The first-order valence-electron chi connectivity index (χ1n) is 14.7. The Morgan fingerprint density at radius 1 is 0.667 bits per heavy atom. The number of carbonyl (C=O) groups excluding carboxylic acids is 1. The molecule has 0 heterocycles. The third kappa shape index (κ3) is 19.4. The molecule has 0 spiro atoms. The van der Waals surface area contributed by atoms with Gasteiger partial charge in [-0.2, -0.15) is 0 Å². The first-order chi connectivity index (χ1) is 15.9. The number of hydrogen-bond acceptors (Lipinski definition) is 3. The Labute approximate surface area is 207 Å². The molecule has 3 heteroatoms. The molecule has 0 aromatic rings. The normalized spacial score (nSPS) is 15.2. The van der Waals surface area contributed by atoms with Crippen molar-refractivity contribution in [2.24, 2.45) is 17.8 Å². The van der Waals surface area contributed by atoms with Crippen LogP contribution in [0.1, 0.15) is 156 Å². The lowest BCUT2D eigenvalue weighted by molar-refractivity contribution is -0.150. The number of esters is 1. The molecule has 1 N–H and O–H groups in total. The number of aliphatic hydroxyl groups is 1. The SMILES string of the molecule is CCCCCCCCCCCCCCCCCCCC[C@@H](C)C[C@@H](C)[C@@H](O)[C@@H](C)C(=O)OC. The summed E-state index contributed by atoms with van der Waals surface area (Å²) in [6, 6.07) is 0. The first kappa shape index (κ1) is 32.4. The lowest BCUT2D eigenvalue weighted by atomic mass is 9.85. The summed E-state index contributed by atoms with van der Waals surface area (Å²) in [7, 11) is 1.39. The van der Waals surface area contributed by atoms with Crippen LogP contribution in [0.4, 0.5) is 0 Å². The first-order valence-corrected chi connectivity index (χ1v) is 14.7. The molecule has 0 aromatic heterocycles. The Morgan fingerprint density at radius 2 is 1.03 bits per heavy atom. The second kappa shape index (κ2) is 23.2. The maximum atomic E-state index is 11.6. The van der Waals surface area contributed by atoms with Crippen LogP contribution in [0.25, 0.3) is 0 Å². The van der Waals surface area contributed by atoms with Crippen molar-refractivity contribution in [2.75, 3.05) is 7.11 Å². The second-order valence-corrected chi connectivity index (χ2v) is 10.9. The van der Waals surface area contributed by atoms with E-state index in [-0.39, 0.29) is 11.9 Å². The van der Waals surface area contributed by atoms with Crippen molar-refractivity contribution in [3.05, 3.63) is 0 Å². The molecule has 0 unspecified atom stereocenters. The maximum Gasteiger partial charge on any atom is 0.311 e. The molecule has 0 saturated carbocycles. The van der Waals surface area contributed by atoms with Crippen LogP contribution >= 0.6 is 0 Å². The van der Waals surface area contributed by atoms with Gasteiger partial charge in [-0.25, -0.2) is 0 Å². The van der Waals surface area contributed by atoms with Crippen LogP contribution in [0.3, 0.4) is 0 Å². The molecule has 4 atom stereocenters. The van der Waals surface area contributed by atoms with Crippen LogP contribution in [-0.4, -0.2) is 24.3 Å². The van der Waals surface area contributed by atoms with E-state index in [0.717, 1.165) is 6.42 Å². The molecule has 0 radical (unpaired) electrons. The fraction of sp³-hybridized carbons (Fsp3) is 0.967. The average Bonchev–Trinajstić information content (AvgIpc) is 2.81. The fourth-order valence-electron chi connectivity index (χ4n) is 5.10. The number of hydrogen-bond donors (Lipinski definition) is 1. The van der Waals surface area contributed by atoms with E-state index >= 15 is 0 Å². The summed E-state index contributed by atoms with van der Waals surface area (Å²) < 4.78 is 4.76. The lowest BCUT2D eigenvalue weighted by Crippen LogP contribution is -2.32. The highest BCUT2D eigenvalue weighted by Crippen LogP contribution is 2.24. The summed E-state index contributed by atoms with van der Waals surface area (Å²) in [5, 5.41) is 10.4. The van der Waals surface area contributed by atoms with Crippen molar-refractivity contribution in [3.63, 3.8) is 0 Å². The number of methoxy groups -OCH3 is 1. The van der Waals surface area contributed by atoms with E-state index in [2.05, 4.69) is 20.8 Å². The van der Waals surface area contributed by atoms with E-state index in [0.29, 0.717) is 5.92 Å². The standard InChI is InChI=1S/C30H60O3/c1-6-7-8-9-10-11-12-13-14-15-16-17-18-19-20-21-22-23-24-26(2)25-27(3)29(31)28(4)30(32)33-5/h26-29,31H,6-25H2,1-5H3/t26-,27-,28-,29-/m1/s1. The molecule has 0 amide bonds. The van der Waals surface area contributed by atoms with Gasteiger partial charge in [0.15, 0.2) is 0 Å². The molecule has 0 fully saturated rings. The number of rotatable bonds is 24. The van der Waals surface area contributed by atoms with Gasteiger partial charge in [-0.05, 0) is 25.2 Å². The Hall–Kier alpha value is -0.570. The zero-order chi connectivity index (χ0) is 24.7. The van der Waals surface area contributed by atoms with Crippen molar-refractivity contribution >= 4 is 5.97 Å². The third-order valence-electron chi connectivity index (χ3n) is 7.49. The van der Waals surface area contributed by atoms with Gasteiger partial charge < -0.3 is 9.84 Å². The Balaban J connectivity index is 3.41. The van der Waals surface area contributed by atoms with Crippen LogP contribution in [0, 0.1) is 17.8 Å². The van der Waals surface area contributed by atoms with Gasteiger partial charge in [0.25, 0.3) is 0 Å². The van der Waals surface area contributed by atoms with Gasteiger partial charge in [0.05, 0.1) is 19.1 Å². The summed E-state index contributed by atoms with van der Waals surface area (Å²) in [5.74, 6) is -0.0296. The highest BCUT2D eigenvalue weighted by molar-refractivity contribution is 5.72. The number of carbonyl (C=O) groups is 1. The van der Waals surface area contributed by atoms with E-state index in [1.807, 2.05) is 0 Å². The van der Waals surface area contributed by atoms with Crippen LogP contribution in [0.5, 0.6) is 0 Å². The summed E-state index contributed by atoms with van der Waals surface area (Å²) in [4.78, 5) is 11.6. The van der Waals surface area contributed by atoms with E-state index in [9.17, 15) is 9.90 Å². The molecule has 0 bridgehead atoms. The predicted octanol–water partition coefficient (Wildman–Crippen LogP) is 9.25. The average molecular weight is 469 g/mol. The van der Waals surface area contributed by atoms with Gasteiger partial charge in [0, 0.05) is 0 Å². The second-order valence-electron chi connectivity index (χ2n) is 10.9. The van der Waals surface area contributed by atoms with Crippen LogP contribution < -0.4 is 0 Å².